The summed E-state index contributed by atoms with van der Waals surface area (Å²) in [5.41, 5.74) is 0. The zero-order chi connectivity index (χ0) is 9.68. The molecule has 4 heteroatoms. The molecule has 0 saturated heterocycles. The van der Waals surface area contributed by atoms with E-state index in [1.165, 1.54) is 12.3 Å². The summed E-state index contributed by atoms with van der Waals surface area (Å²) >= 11 is 5.75. The van der Waals surface area contributed by atoms with Gasteiger partial charge in [-0.3, -0.25) is 0 Å². The maximum atomic E-state index is 12.4. The number of hydrogen-bond acceptors (Lipinski definition) is 2. The standard InChI is InChI=1S/C9H12ClFN2/c1-7(10)4-5-12-9-3-2-8(11)6-13-9/h2-3,6-7H,4-5H2,1H3,(H,12,13). The second-order valence-corrected chi connectivity index (χ2v) is 3.60. The van der Waals surface area contributed by atoms with Crippen LogP contribution >= 0.6 is 11.6 Å². The van der Waals surface area contributed by atoms with Gasteiger partial charge in [0.2, 0.25) is 0 Å². The molecule has 0 aliphatic heterocycles. The highest BCUT2D eigenvalue weighted by atomic mass is 35.5. The average Bonchev–Trinajstić information content (AvgIpc) is 2.08. The summed E-state index contributed by atoms with van der Waals surface area (Å²) in [5, 5.41) is 3.19. The summed E-state index contributed by atoms with van der Waals surface area (Å²) in [5.74, 6) is 0.356. The minimum Gasteiger partial charge on any atom is -0.370 e. The number of rotatable bonds is 4. The lowest BCUT2D eigenvalue weighted by Crippen LogP contribution is -2.07. The first kappa shape index (κ1) is 10.3. The largest absolute Gasteiger partial charge is 0.370 e. The third-order valence-electron chi connectivity index (χ3n) is 1.58. The summed E-state index contributed by atoms with van der Waals surface area (Å²) in [6.07, 6.45) is 2.05. The average molecular weight is 203 g/mol. The van der Waals surface area contributed by atoms with Gasteiger partial charge in [-0.1, -0.05) is 0 Å². The van der Waals surface area contributed by atoms with E-state index in [0.29, 0.717) is 5.82 Å². The van der Waals surface area contributed by atoms with E-state index in [1.54, 1.807) is 6.07 Å². The Kier molecular flexibility index (Phi) is 3.96. The van der Waals surface area contributed by atoms with Gasteiger partial charge in [-0.05, 0) is 25.5 Å². The highest BCUT2D eigenvalue weighted by Crippen LogP contribution is 2.05. The van der Waals surface area contributed by atoms with Gasteiger partial charge < -0.3 is 5.32 Å². The topological polar surface area (TPSA) is 24.9 Å². The van der Waals surface area contributed by atoms with E-state index in [0.717, 1.165) is 13.0 Å². The Balaban J connectivity index is 2.33. The number of nitrogens with one attached hydrogen (secondary N) is 1. The molecule has 0 spiro atoms. The van der Waals surface area contributed by atoms with Crippen LogP contribution in [0.5, 0.6) is 0 Å². The maximum absolute atomic E-state index is 12.4. The van der Waals surface area contributed by atoms with Crippen molar-refractivity contribution in [3.05, 3.63) is 24.1 Å². The second-order valence-electron chi connectivity index (χ2n) is 2.86. The van der Waals surface area contributed by atoms with E-state index in [1.807, 2.05) is 6.92 Å². The fraction of sp³-hybridized carbons (Fsp3) is 0.444. The predicted molar refractivity (Wildman–Crippen MR) is 52.6 cm³/mol. The Bertz CT molecular complexity index is 248. The van der Waals surface area contributed by atoms with Gasteiger partial charge in [0.05, 0.1) is 6.20 Å². The first-order valence-electron chi connectivity index (χ1n) is 4.18. The van der Waals surface area contributed by atoms with Crippen LogP contribution in [0.4, 0.5) is 10.2 Å². The molecule has 13 heavy (non-hydrogen) atoms. The minimum atomic E-state index is -0.323. The molecule has 0 bridgehead atoms. The van der Waals surface area contributed by atoms with Crippen LogP contribution in [0, 0.1) is 5.82 Å². The van der Waals surface area contributed by atoms with Gasteiger partial charge >= 0.3 is 0 Å². The summed E-state index contributed by atoms with van der Waals surface area (Å²) in [4.78, 5) is 3.85. The lowest BCUT2D eigenvalue weighted by atomic mass is 10.3. The Morgan fingerprint density at radius 2 is 2.38 bits per heavy atom. The zero-order valence-corrected chi connectivity index (χ0v) is 8.18. The highest BCUT2D eigenvalue weighted by molar-refractivity contribution is 6.20. The first-order valence-corrected chi connectivity index (χ1v) is 4.61. The van der Waals surface area contributed by atoms with E-state index in [-0.39, 0.29) is 11.2 Å². The van der Waals surface area contributed by atoms with Crippen molar-refractivity contribution in [2.75, 3.05) is 11.9 Å². The molecule has 1 N–H and O–H groups in total. The minimum absolute atomic E-state index is 0.146. The van der Waals surface area contributed by atoms with E-state index in [9.17, 15) is 4.39 Å². The van der Waals surface area contributed by atoms with Crippen LogP contribution in [0.3, 0.4) is 0 Å². The summed E-state index contributed by atoms with van der Waals surface area (Å²) in [6, 6.07) is 2.98. The van der Waals surface area contributed by atoms with Crippen molar-refractivity contribution in [1.29, 1.82) is 0 Å². The molecule has 0 radical (unpaired) electrons. The zero-order valence-electron chi connectivity index (χ0n) is 7.43. The fourth-order valence-electron chi connectivity index (χ4n) is 0.880. The number of anilines is 1. The molecule has 1 unspecified atom stereocenters. The molecule has 0 aliphatic carbocycles. The van der Waals surface area contributed by atoms with Gasteiger partial charge in [-0.2, -0.15) is 0 Å². The monoisotopic (exact) mass is 202 g/mol. The molecular formula is C9H12ClFN2. The number of halogens is 2. The smallest absolute Gasteiger partial charge is 0.141 e. The van der Waals surface area contributed by atoms with Crippen molar-refractivity contribution in [3.63, 3.8) is 0 Å². The van der Waals surface area contributed by atoms with E-state index < -0.39 is 0 Å². The van der Waals surface area contributed by atoms with Crippen LogP contribution in [0.15, 0.2) is 18.3 Å². The molecule has 0 aromatic carbocycles. The van der Waals surface area contributed by atoms with Crippen molar-refractivity contribution in [2.24, 2.45) is 0 Å². The number of aromatic nitrogens is 1. The molecule has 0 fully saturated rings. The van der Waals surface area contributed by atoms with Crippen molar-refractivity contribution in [1.82, 2.24) is 4.98 Å². The second kappa shape index (κ2) is 5.02. The Morgan fingerprint density at radius 1 is 1.62 bits per heavy atom. The predicted octanol–water partition coefficient (Wildman–Crippen LogP) is 2.65. The normalized spacial score (nSPS) is 12.5. The van der Waals surface area contributed by atoms with Crippen molar-refractivity contribution in [2.45, 2.75) is 18.7 Å². The summed E-state index contributed by atoms with van der Waals surface area (Å²) in [6.45, 7) is 2.69. The summed E-state index contributed by atoms with van der Waals surface area (Å²) < 4.78 is 12.4. The molecule has 1 heterocycles. The highest BCUT2D eigenvalue weighted by Gasteiger charge is 1.97. The van der Waals surface area contributed by atoms with Crippen LogP contribution < -0.4 is 5.32 Å². The lowest BCUT2D eigenvalue weighted by Gasteiger charge is -2.05. The fourth-order valence-corrected chi connectivity index (χ4v) is 0.989. The van der Waals surface area contributed by atoms with Crippen LogP contribution in [0.1, 0.15) is 13.3 Å². The maximum Gasteiger partial charge on any atom is 0.141 e. The van der Waals surface area contributed by atoms with Gasteiger partial charge in [-0.15, -0.1) is 11.6 Å². The molecule has 0 aliphatic rings. The Morgan fingerprint density at radius 3 is 2.92 bits per heavy atom. The van der Waals surface area contributed by atoms with Crippen molar-refractivity contribution in [3.8, 4) is 0 Å². The van der Waals surface area contributed by atoms with Crippen LogP contribution in [-0.4, -0.2) is 16.9 Å². The number of hydrogen-bond donors (Lipinski definition) is 1. The SMILES string of the molecule is CC(Cl)CCNc1ccc(F)cn1. The van der Waals surface area contributed by atoms with Crippen LogP contribution in [-0.2, 0) is 0 Å². The Hall–Kier alpha value is -0.830. The van der Waals surface area contributed by atoms with E-state index in [4.69, 9.17) is 11.6 Å². The third kappa shape index (κ3) is 4.08. The van der Waals surface area contributed by atoms with Gasteiger partial charge in [0.1, 0.15) is 11.6 Å². The van der Waals surface area contributed by atoms with Gasteiger partial charge in [-0.25, -0.2) is 9.37 Å². The van der Waals surface area contributed by atoms with Gasteiger partial charge in [0, 0.05) is 11.9 Å². The lowest BCUT2D eigenvalue weighted by molar-refractivity contribution is 0.621. The molecule has 0 amide bonds. The molecule has 72 valence electrons. The van der Waals surface area contributed by atoms with E-state index in [2.05, 4.69) is 10.3 Å². The number of pyridine rings is 1. The molecular weight excluding hydrogens is 191 g/mol. The molecule has 1 atom stereocenters. The number of nitrogens with zero attached hydrogens (tertiary/aromatic N) is 1. The third-order valence-corrected chi connectivity index (χ3v) is 1.79. The van der Waals surface area contributed by atoms with E-state index >= 15 is 0 Å². The molecule has 1 aromatic heterocycles. The number of alkyl halides is 1. The molecule has 2 nitrogen and oxygen atoms in total. The first-order chi connectivity index (χ1) is 6.18. The van der Waals surface area contributed by atoms with Gasteiger partial charge in [0.25, 0.3) is 0 Å². The van der Waals surface area contributed by atoms with Crippen LogP contribution in [0.2, 0.25) is 0 Å². The summed E-state index contributed by atoms with van der Waals surface area (Å²) in [7, 11) is 0. The van der Waals surface area contributed by atoms with Crippen molar-refractivity contribution < 1.29 is 4.39 Å². The van der Waals surface area contributed by atoms with Crippen molar-refractivity contribution >= 4 is 17.4 Å². The molecule has 1 aromatic rings. The van der Waals surface area contributed by atoms with Crippen LogP contribution in [0.25, 0.3) is 0 Å². The molecule has 1 rings (SSSR count). The molecule has 0 saturated carbocycles. The Labute approximate surface area is 82.1 Å². The quantitative estimate of drug-likeness (QED) is 0.760. The van der Waals surface area contributed by atoms with Gasteiger partial charge in [0.15, 0.2) is 0 Å².